The Balaban J connectivity index is 1.40. The van der Waals surface area contributed by atoms with Crippen molar-refractivity contribution < 1.29 is 23.1 Å². The number of carboxylic acids is 1. The number of carboxylic acid groups (broad SMARTS) is 1. The van der Waals surface area contributed by atoms with Crippen LogP contribution in [0.25, 0.3) is 10.9 Å². The largest absolute Gasteiger partial charge is 0.491 e. The number of hydrogen-bond donors (Lipinski definition) is 1. The molecule has 2 aromatic carbocycles. The van der Waals surface area contributed by atoms with Crippen LogP contribution in [0.5, 0.6) is 5.75 Å². The molecule has 0 amide bonds. The lowest BCUT2D eigenvalue weighted by Gasteiger charge is -2.39. The van der Waals surface area contributed by atoms with Crippen molar-refractivity contribution in [2.45, 2.75) is 50.8 Å². The van der Waals surface area contributed by atoms with Crippen LogP contribution in [0.2, 0.25) is 0 Å². The number of sulfonamides is 1. The molecule has 9 heteroatoms. The molecule has 1 saturated heterocycles. The molecule has 1 unspecified atom stereocenters. The molecule has 188 valence electrons. The summed E-state index contributed by atoms with van der Waals surface area (Å²) in [6.07, 6.45) is 1.94. The summed E-state index contributed by atoms with van der Waals surface area (Å²) in [7, 11) is -3.59. The predicted molar refractivity (Wildman–Crippen MR) is 135 cm³/mol. The highest BCUT2D eigenvalue weighted by molar-refractivity contribution is 7.89. The van der Waals surface area contributed by atoms with E-state index in [0.717, 1.165) is 23.0 Å². The summed E-state index contributed by atoms with van der Waals surface area (Å²) in [6, 6.07) is 14.3. The monoisotopic (exact) mass is 499 g/mol. The van der Waals surface area contributed by atoms with Gasteiger partial charge in [-0.05, 0) is 56.7 Å². The van der Waals surface area contributed by atoms with Crippen molar-refractivity contribution in [2.75, 3.05) is 26.2 Å². The number of hydrogen-bond acceptors (Lipinski definition) is 5. The minimum absolute atomic E-state index is 0.00828. The van der Waals surface area contributed by atoms with Crippen LogP contribution in [0.3, 0.4) is 0 Å². The molecule has 4 rings (SSSR count). The van der Waals surface area contributed by atoms with Gasteiger partial charge in [-0.3, -0.25) is 9.69 Å². The van der Waals surface area contributed by atoms with Gasteiger partial charge in [-0.25, -0.2) is 8.42 Å². The molecule has 1 aliphatic rings. The lowest BCUT2D eigenvalue weighted by atomic mass is 10.1. The van der Waals surface area contributed by atoms with Crippen LogP contribution in [0.15, 0.2) is 59.6 Å². The SMILES string of the molecule is CC(C)Oc1ccc(S(=O)(=O)N2CCN(CCn3cc(CC(=O)O)c4ccccc43)CC2C)cc1. The molecule has 1 N–H and O–H groups in total. The Morgan fingerprint density at radius 2 is 1.80 bits per heavy atom. The number of piperazine rings is 1. The van der Waals surface area contributed by atoms with Crippen molar-refractivity contribution in [3.05, 3.63) is 60.3 Å². The Morgan fingerprint density at radius 3 is 2.46 bits per heavy atom. The van der Waals surface area contributed by atoms with E-state index in [9.17, 15) is 18.3 Å². The molecule has 3 aromatic rings. The first kappa shape index (κ1) is 25.2. The van der Waals surface area contributed by atoms with E-state index in [1.165, 1.54) is 0 Å². The number of fused-ring (bicyclic) bond motifs is 1. The van der Waals surface area contributed by atoms with Crippen LogP contribution >= 0.6 is 0 Å². The minimum Gasteiger partial charge on any atom is -0.491 e. The molecule has 8 nitrogen and oxygen atoms in total. The highest BCUT2D eigenvalue weighted by Gasteiger charge is 2.33. The quantitative estimate of drug-likeness (QED) is 0.485. The number of ether oxygens (including phenoxy) is 1. The van der Waals surface area contributed by atoms with Crippen LogP contribution < -0.4 is 4.74 Å². The van der Waals surface area contributed by atoms with Gasteiger partial charge in [0, 0.05) is 55.9 Å². The molecule has 0 bridgehead atoms. The van der Waals surface area contributed by atoms with Crippen LogP contribution in [-0.2, 0) is 27.8 Å². The third-order valence-electron chi connectivity index (χ3n) is 6.32. The summed E-state index contributed by atoms with van der Waals surface area (Å²) in [5.41, 5.74) is 1.82. The van der Waals surface area contributed by atoms with Crippen LogP contribution in [-0.4, -0.2) is 71.6 Å². The maximum atomic E-state index is 13.3. The molecular formula is C26H33N3O5S. The van der Waals surface area contributed by atoms with Gasteiger partial charge in [0.1, 0.15) is 5.75 Å². The predicted octanol–water partition coefficient (Wildman–Crippen LogP) is 3.45. The molecule has 1 atom stereocenters. The van der Waals surface area contributed by atoms with E-state index in [2.05, 4.69) is 9.47 Å². The molecule has 1 aliphatic heterocycles. The highest BCUT2D eigenvalue weighted by Crippen LogP contribution is 2.25. The maximum absolute atomic E-state index is 13.3. The summed E-state index contributed by atoms with van der Waals surface area (Å²) in [5, 5.41) is 10.2. The number of para-hydroxylation sites is 1. The third-order valence-corrected chi connectivity index (χ3v) is 8.35. The fourth-order valence-electron chi connectivity index (χ4n) is 4.74. The first-order valence-corrected chi connectivity index (χ1v) is 13.4. The normalized spacial score (nSPS) is 17.8. The van der Waals surface area contributed by atoms with Gasteiger partial charge in [0.05, 0.1) is 17.4 Å². The number of aromatic nitrogens is 1. The van der Waals surface area contributed by atoms with Gasteiger partial charge in [0.2, 0.25) is 10.0 Å². The van der Waals surface area contributed by atoms with Gasteiger partial charge in [0.25, 0.3) is 0 Å². The van der Waals surface area contributed by atoms with E-state index in [-0.39, 0.29) is 23.5 Å². The average molecular weight is 500 g/mol. The van der Waals surface area contributed by atoms with Crippen molar-refractivity contribution in [3.63, 3.8) is 0 Å². The molecule has 0 saturated carbocycles. The Hall–Kier alpha value is -2.88. The Labute approximate surface area is 206 Å². The van der Waals surface area contributed by atoms with Crippen LogP contribution in [0.1, 0.15) is 26.3 Å². The molecular weight excluding hydrogens is 466 g/mol. The van der Waals surface area contributed by atoms with Crippen LogP contribution in [0.4, 0.5) is 0 Å². The summed E-state index contributed by atoms with van der Waals surface area (Å²) < 4.78 is 35.8. The second-order valence-electron chi connectivity index (χ2n) is 9.34. The molecule has 2 heterocycles. The molecule has 1 aromatic heterocycles. The zero-order valence-electron chi connectivity index (χ0n) is 20.4. The van der Waals surface area contributed by atoms with E-state index in [4.69, 9.17) is 4.74 Å². The van der Waals surface area contributed by atoms with E-state index in [1.807, 2.05) is 51.2 Å². The molecule has 0 radical (unpaired) electrons. The fraction of sp³-hybridized carbons (Fsp3) is 0.423. The first-order chi connectivity index (χ1) is 16.6. The Bertz CT molecular complexity index is 1280. The summed E-state index contributed by atoms with van der Waals surface area (Å²) >= 11 is 0. The second-order valence-corrected chi connectivity index (χ2v) is 11.2. The molecule has 35 heavy (non-hydrogen) atoms. The number of carbonyl (C=O) groups is 1. The van der Waals surface area contributed by atoms with E-state index in [0.29, 0.717) is 31.9 Å². The topological polar surface area (TPSA) is 92.1 Å². The van der Waals surface area contributed by atoms with Crippen LogP contribution in [0, 0.1) is 0 Å². The van der Waals surface area contributed by atoms with Gasteiger partial charge in [-0.2, -0.15) is 4.31 Å². The summed E-state index contributed by atoms with van der Waals surface area (Å²) in [4.78, 5) is 13.8. The maximum Gasteiger partial charge on any atom is 0.307 e. The molecule has 0 aliphatic carbocycles. The van der Waals surface area contributed by atoms with Crippen molar-refractivity contribution in [1.29, 1.82) is 0 Å². The van der Waals surface area contributed by atoms with Crippen molar-refractivity contribution in [1.82, 2.24) is 13.8 Å². The smallest absolute Gasteiger partial charge is 0.307 e. The standard InChI is InChI=1S/C26H33N3O5S/c1-19(2)34-22-8-10-23(11-9-22)35(32,33)29-15-13-27(17-20(29)3)12-14-28-18-21(16-26(30)31)24-6-4-5-7-25(24)28/h4-11,18-20H,12-17H2,1-3H3,(H,30,31). The number of benzene rings is 2. The third kappa shape index (κ3) is 5.69. The average Bonchev–Trinajstić information content (AvgIpc) is 3.14. The zero-order valence-corrected chi connectivity index (χ0v) is 21.2. The lowest BCUT2D eigenvalue weighted by Crippen LogP contribution is -2.54. The Kier molecular flexibility index (Phi) is 7.49. The number of nitrogens with zero attached hydrogens (tertiary/aromatic N) is 3. The van der Waals surface area contributed by atoms with Crippen molar-refractivity contribution in [2.24, 2.45) is 0 Å². The molecule has 1 fully saturated rings. The van der Waals surface area contributed by atoms with Gasteiger partial charge in [-0.1, -0.05) is 18.2 Å². The van der Waals surface area contributed by atoms with Gasteiger partial charge in [0.15, 0.2) is 0 Å². The van der Waals surface area contributed by atoms with Crippen molar-refractivity contribution >= 4 is 26.9 Å². The number of aliphatic carboxylic acids is 1. The zero-order chi connectivity index (χ0) is 25.2. The van der Waals surface area contributed by atoms with Crippen molar-refractivity contribution in [3.8, 4) is 5.75 Å². The van der Waals surface area contributed by atoms with E-state index >= 15 is 0 Å². The highest BCUT2D eigenvalue weighted by atomic mass is 32.2. The van der Waals surface area contributed by atoms with E-state index in [1.54, 1.807) is 28.6 Å². The van der Waals surface area contributed by atoms with E-state index < -0.39 is 16.0 Å². The number of rotatable bonds is 9. The minimum atomic E-state index is -3.59. The van der Waals surface area contributed by atoms with Gasteiger partial charge < -0.3 is 14.4 Å². The van der Waals surface area contributed by atoms with Gasteiger partial charge >= 0.3 is 5.97 Å². The fourth-order valence-corrected chi connectivity index (χ4v) is 6.35. The molecule has 0 spiro atoms. The summed E-state index contributed by atoms with van der Waals surface area (Å²) in [5.74, 6) is -0.193. The first-order valence-electron chi connectivity index (χ1n) is 11.9. The lowest BCUT2D eigenvalue weighted by molar-refractivity contribution is -0.136. The second kappa shape index (κ2) is 10.4. The Morgan fingerprint density at radius 1 is 1.09 bits per heavy atom. The summed E-state index contributed by atoms with van der Waals surface area (Å²) in [6.45, 7) is 8.95. The van der Waals surface area contributed by atoms with Gasteiger partial charge in [-0.15, -0.1) is 0 Å².